The molecule has 0 saturated carbocycles. The average Bonchev–Trinajstić information content (AvgIpc) is 2.80. The van der Waals surface area contributed by atoms with E-state index in [1.807, 2.05) is 25.9 Å². The van der Waals surface area contributed by atoms with Gasteiger partial charge < -0.3 is 15.0 Å². The number of carbonyl (C=O) groups excluding carboxylic acids is 1. The maximum Gasteiger partial charge on any atom is 0.256 e. The van der Waals surface area contributed by atoms with Crippen LogP contribution < -0.4 is 10.1 Å². The first-order chi connectivity index (χ1) is 15.9. The highest BCUT2D eigenvalue weighted by molar-refractivity contribution is 6.31. The number of nitrogens with zero attached hydrogens (tertiary/aromatic N) is 1. The van der Waals surface area contributed by atoms with Gasteiger partial charge in [-0.3, -0.25) is 4.79 Å². The van der Waals surface area contributed by atoms with E-state index < -0.39 is 0 Å². The van der Waals surface area contributed by atoms with E-state index in [1.54, 1.807) is 48.5 Å². The Kier molecular flexibility index (Phi) is 8.33. The van der Waals surface area contributed by atoms with Gasteiger partial charge >= 0.3 is 0 Å². The van der Waals surface area contributed by atoms with Crippen molar-refractivity contribution in [3.63, 3.8) is 0 Å². The van der Waals surface area contributed by atoms with Crippen LogP contribution in [0.15, 0.2) is 72.8 Å². The molecule has 0 atom stereocenters. The normalized spacial score (nSPS) is 11.8. The lowest BCUT2D eigenvalue weighted by Gasteiger charge is -2.16. The standard InChI is InChI=1S/C27H28F2N2O2/c1-4-25(19-5-9-21(28)10-6-19)26(20-7-11-22(29)12-8-20)27(32)30-23-13-15-24(16-14-23)33-18-17-31(2)3/h5-16H,4,17-18H2,1-3H3,(H,30,32)/b26-25-. The zero-order valence-electron chi connectivity index (χ0n) is 19.1. The van der Waals surface area contributed by atoms with Crippen molar-refractivity contribution in [1.82, 2.24) is 4.90 Å². The molecule has 3 rings (SSSR count). The summed E-state index contributed by atoms with van der Waals surface area (Å²) < 4.78 is 32.7. The van der Waals surface area contributed by atoms with Gasteiger partial charge in [0.2, 0.25) is 0 Å². The third kappa shape index (κ3) is 6.73. The molecular weight excluding hydrogens is 422 g/mol. The van der Waals surface area contributed by atoms with Crippen LogP contribution >= 0.6 is 0 Å². The number of benzene rings is 3. The fourth-order valence-electron chi connectivity index (χ4n) is 3.41. The van der Waals surface area contributed by atoms with E-state index in [-0.39, 0.29) is 17.5 Å². The highest BCUT2D eigenvalue weighted by Gasteiger charge is 2.19. The van der Waals surface area contributed by atoms with Gasteiger partial charge in [-0.1, -0.05) is 31.2 Å². The van der Waals surface area contributed by atoms with Gasteiger partial charge in [-0.25, -0.2) is 8.78 Å². The number of rotatable bonds is 9. The number of ether oxygens (including phenoxy) is 1. The molecule has 0 radical (unpaired) electrons. The third-order valence-electron chi connectivity index (χ3n) is 5.13. The van der Waals surface area contributed by atoms with Crippen LogP contribution in [-0.4, -0.2) is 38.1 Å². The summed E-state index contributed by atoms with van der Waals surface area (Å²) in [5.41, 5.74) is 3.07. The van der Waals surface area contributed by atoms with Crippen LogP contribution in [0.3, 0.4) is 0 Å². The minimum Gasteiger partial charge on any atom is -0.492 e. The number of hydrogen-bond acceptors (Lipinski definition) is 3. The van der Waals surface area contributed by atoms with E-state index in [9.17, 15) is 13.6 Å². The number of hydrogen-bond donors (Lipinski definition) is 1. The van der Waals surface area contributed by atoms with Crippen LogP contribution in [0.25, 0.3) is 11.1 Å². The molecular formula is C27H28F2N2O2. The number of allylic oxidation sites excluding steroid dienone is 1. The lowest BCUT2D eigenvalue weighted by Crippen LogP contribution is -2.19. The van der Waals surface area contributed by atoms with E-state index in [0.717, 1.165) is 17.7 Å². The van der Waals surface area contributed by atoms with Gasteiger partial charge in [0.15, 0.2) is 0 Å². The topological polar surface area (TPSA) is 41.6 Å². The van der Waals surface area contributed by atoms with Gasteiger partial charge in [0, 0.05) is 12.2 Å². The first-order valence-electron chi connectivity index (χ1n) is 10.8. The zero-order valence-corrected chi connectivity index (χ0v) is 19.1. The summed E-state index contributed by atoms with van der Waals surface area (Å²) in [4.78, 5) is 15.4. The fourth-order valence-corrected chi connectivity index (χ4v) is 3.41. The molecule has 0 bridgehead atoms. The van der Waals surface area contributed by atoms with Crippen LogP contribution in [-0.2, 0) is 4.79 Å². The van der Waals surface area contributed by atoms with Crippen molar-refractivity contribution >= 4 is 22.7 Å². The number of nitrogens with one attached hydrogen (secondary N) is 1. The predicted octanol–water partition coefficient (Wildman–Crippen LogP) is 5.86. The molecule has 0 unspecified atom stereocenters. The Morgan fingerprint density at radius 3 is 1.91 bits per heavy atom. The SMILES string of the molecule is CC/C(=C(/C(=O)Nc1ccc(OCCN(C)C)cc1)c1ccc(F)cc1)c1ccc(F)cc1. The van der Waals surface area contributed by atoms with Crippen molar-refractivity contribution in [2.24, 2.45) is 0 Å². The molecule has 3 aromatic rings. The van der Waals surface area contributed by atoms with Gasteiger partial charge in [-0.05, 0) is 85.7 Å². The molecule has 1 N–H and O–H groups in total. The zero-order chi connectivity index (χ0) is 23.8. The first-order valence-corrected chi connectivity index (χ1v) is 10.8. The molecule has 0 aliphatic heterocycles. The van der Waals surface area contributed by atoms with E-state index in [2.05, 4.69) is 5.32 Å². The van der Waals surface area contributed by atoms with Gasteiger partial charge in [0.25, 0.3) is 5.91 Å². The largest absolute Gasteiger partial charge is 0.492 e. The number of likely N-dealkylation sites (N-methyl/N-ethyl adjacent to an activating group) is 1. The Labute approximate surface area is 193 Å². The second-order valence-electron chi connectivity index (χ2n) is 7.85. The Bertz CT molecular complexity index is 1090. The average molecular weight is 451 g/mol. The van der Waals surface area contributed by atoms with Gasteiger partial charge in [0.05, 0.1) is 5.57 Å². The lowest BCUT2D eigenvalue weighted by molar-refractivity contribution is -0.111. The molecule has 172 valence electrons. The summed E-state index contributed by atoms with van der Waals surface area (Å²) in [6.45, 7) is 3.29. The second kappa shape index (κ2) is 11.4. The number of anilines is 1. The number of halogens is 2. The molecule has 3 aromatic carbocycles. The summed E-state index contributed by atoms with van der Waals surface area (Å²) in [7, 11) is 3.95. The van der Waals surface area contributed by atoms with Crippen molar-refractivity contribution in [2.45, 2.75) is 13.3 Å². The number of amides is 1. The Balaban J connectivity index is 1.90. The Hall–Kier alpha value is -3.51. The van der Waals surface area contributed by atoms with E-state index in [1.165, 1.54) is 24.3 Å². The summed E-state index contributed by atoms with van der Waals surface area (Å²) >= 11 is 0. The quantitative estimate of drug-likeness (QED) is 0.328. The van der Waals surface area contributed by atoms with E-state index >= 15 is 0 Å². The Morgan fingerprint density at radius 2 is 1.39 bits per heavy atom. The van der Waals surface area contributed by atoms with Gasteiger partial charge in [0.1, 0.15) is 24.0 Å². The van der Waals surface area contributed by atoms with Gasteiger partial charge in [-0.15, -0.1) is 0 Å². The van der Waals surface area contributed by atoms with E-state index in [4.69, 9.17) is 4.74 Å². The Morgan fingerprint density at radius 1 is 0.848 bits per heavy atom. The molecule has 0 fully saturated rings. The fraction of sp³-hybridized carbons (Fsp3) is 0.222. The second-order valence-corrected chi connectivity index (χ2v) is 7.85. The molecule has 33 heavy (non-hydrogen) atoms. The summed E-state index contributed by atoms with van der Waals surface area (Å²) in [6, 6.07) is 18.9. The molecule has 0 spiro atoms. The van der Waals surface area contributed by atoms with Crippen LogP contribution in [0.2, 0.25) is 0 Å². The predicted molar refractivity (Wildman–Crippen MR) is 129 cm³/mol. The van der Waals surface area contributed by atoms with Crippen LogP contribution in [0.1, 0.15) is 24.5 Å². The van der Waals surface area contributed by atoms with Crippen LogP contribution in [0.4, 0.5) is 14.5 Å². The van der Waals surface area contributed by atoms with Crippen molar-refractivity contribution in [3.05, 3.63) is 95.6 Å². The molecule has 0 heterocycles. The summed E-state index contributed by atoms with van der Waals surface area (Å²) in [6.07, 6.45) is 0.532. The molecule has 4 nitrogen and oxygen atoms in total. The van der Waals surface area contributed by atoms with Crippen molar-refractivity contribution in [2.75, 3.05) is 32.6 Å². The van der Waals surface area contributed by atoms with Crippen molar-refractivity contribution in [1.29, 1.82) is 0 Å². The van der Waals surface area contributed by atoms with Crippen molar-refractivity contribution in [3.8, 4) is 5.75 Å². The molecule has 1 amide bonds. The lowest BCUT2D eigenvalue weighted by atomic mass is 9.92. The third-order valence-corrected chi connectivity index (χ3v) is 5.13. The highest BCUT2D eigenvalue weighted by atomic mass is 19.1. The van der Waals surface area contributed by atoms with Gasteiger partial charge in [-0.2, -0.15) is 0 Å². The minimum absolute atomic E-state index is 0.330. The van der Waals surface area contributed by atoms with Crippen LogP contribution in [0, 0.1) is 11.6 Å². The minimum atomic E-state index is -0.386. The first kappa shape index (κ1) is 24.1. The maximum absolute atomic E-state index is 13.5. The molecule has 0 aliphatic carbocycles. The monoisotopic (exact) mass is 450 g/mol. The highest BCUT2D eigenvalue weighted by Crippen LogP contribution is 2.31. The molecule has 0 saturated heterocycles. The maximum atomic E-state index is 13.5. The molecule has 0 aliphatic rings. The van der Waals surface area contributed by atoms with Crippen molar-refractivity contribution < 1.29 is 18.3 Å². The van der Waals surface area contributed by atoms with E-state index in [0.29, 0.717) is 35.6 Å². The summed E-state index contributed by atoms with van der Waals surface area (Å²) in [5, 5.41) is 2.92. The summed E-state index contributed by atoms with van der Waals surface area (Å²) in [5.74, 6) is -0.355. The molecule has 6 heteroatoms. The number of carbonyl (C=O) groups is 1. The molecule has 0 aromatic heterocycles. The smallest absolute Gasteiger partial charge is 0.256 e. The van der Waals surface area contributed by atoms with Crippen LogP contribution in [0.5, 0.6) is 5.75 Å².